The van der Waals surface area contributed by atoms with Gasteiger partial charge in [0, 0.05) is 12.5 Å². The molecule has 2 aromatic rings. The molecule has 1 atom stereocenters. The second-order valence-electron chi connectivity index (χ2n) is 4.69. The molecule has 4 heteroatoms. The molecule has 104 valence electrons. The molecule has 1 N–H and O–H groups in total. The van der Waals surface area contributed by atoms with Gasteiger partial charge in [-0.05, 0) is 23.6 Å². The maximum absolute atomic E-state index is 13.4. The monoisotopic (exact) mass is 275 g/mol. The van der Waals surface area contributed by atoms with Crippen LogP contribution in [-0.4, -0.2) is 5.91 Å². The normalized spacial score (nSPS) is 11.9. The van der Waals surface area contributed by atoms with Gasteiger partial charge < -0.3 is 5.32 Å². The lowest BCUT2D eigenvalue weighted by atomic mass is 9.97. The van der Waals surface area contributed by atoms with E-state index in [1.54, 1.807) is 0 Å². The molecule has 1 amide bonds. The van der Waals surface area contributed by atoms with Crippen molar-refractivity contribution in [2.75, 3.05) is 5.32 Å². The van der Waals surface area contributed by atoms with Crippen LogP contribution in [0.4, 0.5) is 14.5 Å². The first-order valence-corrected chi connectivity index (χ1v) is 6.36. The van der Waals surface area contributed by atoms with Crippen molar-refractivity contribution in [2.24, 2.45) is 0 Å². The van der Waals surface area contributed by atoms with Crippen molar-refractivity contribution in [3.05, 3.63) is 65.7 Å². The fourth-order valence-electron chi connectivity index (χ4n) is 1.97. The molecule has 0 saturated heterocycles. The van der Waals surface area contributed by atoms with Gasteiger partial charge in [-0.2, -0.15) is 0 Å². The van der Waals surface area contributed by atoms with Crippen LogP contribution < -0.4 is 5.32 Å². The van der Waals surface area contributed by atoms with Crippen molar-refractivity contribution in [1.82, 2.24) is 0 Å². The van der Waals surface area contributed by atoms with E-state index in [0.29, 0.717) is 0 Å². The van der Waals surface area contributed by atoms with E-state index in [1.807, 2.05) is 37.3 Å². The van der Waals surface area contributed by atoms with Crippen molar-refractivity contribution in [2.45, 2.75) is 19.3 Å². The summed E-state index contributed by atoms with van der Waals surface area (Å²) in [5, 5.41) is 2.40. The summed E-state index contributed by atoms with van der Waals surface area (Å²) >= 11 is 0. The van der Waals surface area contributed by atoms with Crippen LogP contribution in [0, 0.1) is 11.6 Å². The molecular formula is C16H15F2NO. The smallest absolute Gasteiger partial charge is 0.225 e. The fraction of sp³-hybridized carbons (Fsp3) is 0.188. The zero-order valence-corrected chi connectivity index (χ0v) is 11.1. The molecule has 0 radical (unpaired) electrons. The number of halogens is 2. The van der Waals surface area contributed by atoms with Crippen molar-refractivity contribution in [1.29, 1.82) is 0 Å². The SMILES string of the molecule is C[C@H](CC(=O)Nc1cc(F)ccc1F)c1ccccc1. The zero-order valence-electron chi connectivity index (χ0n) is 11.1. The molecule has 0 bridgehead atoms. The van der Waals surface area contributed by atoms with Crippen LogP contribution in [0.1, 0.15) is 24.8 Å². The standard InChI is InChI=1S/C16H15F2NO/c1-11(12-5-3-2-4-6-12)9-16(20)19-15-10-13(17)7-8-14(15)18/h2-8,10-11H,9H2,1H3,(H,19,20)/t11-/m1/s1. The van der Waals surface area contributed by atoms with Crippen molar-refractivity contribution in [3.63, 3.8) is 0 Å². The topological polar surface area (TPSA) is 29.1 Å². The number of anilines is 1. The summed E-state index contributed by atoms with van der Waals surface area (Å²) in [5.74, 6) is -1.57. The molecule has 0 heterocycles. The lowest BCUT2D eigenvalue weighted by Crippen LogP contribution is -2.15. The summed E-state index contributed by atoms with van der Waals surface area (Å²) in [4.78, 5) is 11.9. The van der Waals surface area contributed by atoms with Gasteiger partial charge >= 0.3 is 0 Å². The first kappa shape index (κ1) is 14.2. The summed E-state index contributed by atoms with van der Waals surface area (Å²) in [7, 11) is 0. The molecule has 2 aromatic carbocycles. The van der Waals surface area contributed by atoms with Crippen LogP contribution >= 0.6 is 0 Å². The fourth-order valence-corrected chi connectivity index (χ4v) is 1.97. The van der Waals surface area contributed by atoms with Crippen LogP contribution in [0.15, 0.2) is 48.5 Å². The highest BCUT2D eigenvalue weighted by Crippen LogP contribution is 2.20. The third-order valence-electron chi connectivity index (χ3n) is 3.06. The number of amides is 1. The summed E-state index contributed by atoms with van der Waals surface area (Å²) in [6.45, 7) is 1.91. The van der Waals surface area contributed by atoms with E-state index in [9.17, 15) is 13.6 Å². The first-order chi connectivity index (χ1) is 9.56. The molecule has 0 fully saturated rings. The van der Waals surface area contributed by atoms with Gasteiger partial charge in [-0.3, -0.25) is 4.79 Å². The highest BCUT2D eigenvalue weighted by atomic mass is 19.1. The van der Waals surface area contributed by atoms with Crippen LogP contribution in [0.5, 0.6) is 0 Å². The number of carbonyl (C=O) groups excluding carboxylic acids is 1. The maximum atomic E-state index is 13.4. The minimum atomic E-state index is -0.646. The highest BCUT2D eigenvalue weighted by molar-refractivity contribution is 5.91. The molecule has 0 saturated carbocycles. The molecule has 0 unspecified atom stereocenters. The third-order valence-corrected chi connectivity index (χ3v) is 3.06. The van der Waals surface area contributed by atoms with E-state index in [0.717, 1.165) is 23.8 Å². The lowest BCUT2D eigenvalue weighted by Gasteiger charge is -2.12. The Hall–Kier alpha value is -2.23. The molecular weight excluding hydrogens is 260 g/mol. The molecule has 0 aromatic heterocycles. The Labute approximate surface area is 116 Å². The van der Waals surface area contributed by atoms with Gasteiger partial charge in [0.1, 0.15) is 11.6 Å². The average molecular weight is 275 g/mol. The number of hydrogen-bond donors (Lipinski definition) is 1. The second kappa shape index (κ2) is 6.28. The van der Waals surface area contributed by atoms with Crippen LogP contribution in [-0.2, 0) is 4.79 Å². The van der Waals surface area contributed by atoms with E-state index in [-0.39, 0.29) is 23.9 Å². The summed E-state index contributed by atoms with van der Waals surface area (Å²) in [5.41, 5.74) is 0.901. The van der Waals surface area contributed by atoms with E-state index in [2.05, 4.69) is 5.32 Å². The van der Waals surface area contributed by atoms with Crippen LogP contribution in [0.3, 0.4) is 0 Å². The van der Waals surface area contributed by atoms with E-state index < -0.39 is 11.6 Å². The van der Waals surface area contributed by atoms with Gasteiger partial charge in [0.15, 0.2) is 0 Å². The number of nitrogens with one attached hydrogen (secondary N) is 1. The van der Waals surface area contributed by atoms with Gasteiger partial charge in [-0.25, -0.2) is 8.78 Å². The van der Waals surface area contributed by atoms with E-state index in [4.69, 9.17) is 0 Å². The number of rotatable bonds is 4. The first-order valence-electron chi connectivity index (χ1n) is 6.36. The molecule has 0 spiro atoms. The Morgan fingerprint density at radius 2 is 1.85 bits per heavy atom. The molecule has 2 rings (SSSR count). The van der Waals surface area contributed by atoms with E-state index >= 15 is 0 Å². The third kappa shape index (κ3) is 3.63. The minimum Gasteiger partial charge on any atom is -0.323 e. The molecule has 0 aliphatic heterocycles. The van der Waals surface area contributed by atoms with Gasteiger partial charge in [0.2, 0.25) is 5.91 Å². The van der Waals surface area contributed by atoms with Gasteiger partial charge in [-0.15, -0.1) is 0 Å². The molecule has 0 aliphatic rings. The molecule has 2 nitrogen and oxygen atoms in total. The molecule has 20 heavy (non-hydrogen) atoms. The average Bonchev–Trinajstić information content (AvgIpc) is 2.43. The molecule has 0 aliphatic carbocycles. The Morgan fingerprint density at radius 1 is 1.15 bits per heavy atom. The van der Waals surface area contributed by atoms with Gasteiger partial charge in [-0.1, -0.05) is 37.3 Å². The van der Waals surface area contributed by atoms with E-state index in [1.165, 1.54) is 0 Å². The van der Waals surface area contributed by atoms with Crippen molar-refractivity contribution >= 4 is 11.6 Å². The zero-order chi connectivity index (χ0) is 14.5. The highest BCUT2D eigenvalue weighted by Gasteiger charge is 2.13. The predicted octanol–water partition coefficient (Wildman–Crippen LogP) is 4.10. The minimum absolute atomic E-state index is 0.00724. The van der Waals surface area contributed by atoms with Crippen LogP contribution in [0.25, 0.3) is 0 Å². The quantitative estimate of drug-likeness (QED) is 0.894. The summed E-state index contributed by atoms with van der Waals surface area (Å²) < 4.78 is 26.4. The maximum Gasteiger partial charge on any atom is 0.225 e. The summed E-state index contributed by atoms with van der Waals surface area (Å²) in [6.07, 6.45) is 0.208. The summed E-state index contributed by atoms with van der Waals surface area (Å²) in [6, 6.07) is 12.5. The predicted molar refractivity (Wildman–Crippen MR) is 74.5 cm³/mol. The van der Waals surface area contributed by atoms with Crippen molar-refractivity contribution in [3.8, 4) is 0 Å². The van der Waals surface area contributed by atoms with Gasteiger partial charge in [0.05, 0.1) is 5.69 Å². The largest absolute Gasteiger partial charge is 0.323 e. The lowest BCUT2D eigenvalue weighted by molar-refractivity contribution is -0.116. The number of carbonyl (C=O) groups is 1. The number of hydrogen-bond acceptors (Lipinski definition) is 1. The Bertz CT molecular complexity index is 599. The van der Waals surface area contributed by atoms with Gasteiger partial charge in [0.25, 0.3) is 0 Å². The van der Waals surface area contributed by atoms with Crippen LogP contribution in [0.2, 0.25) is 0 Å². The second-order valence-corrected chi connectivity index (χ2v) is 4.69. The Balaban J connectivity index is 2.01. The Kier molecular flexibility index (Phi) is 4.45. The number of benzene rings is 2. The van der Waals surface area contributed by atoms with Crippen molar-refractivity contribution < 1.29 is 13.6 Å². The Morgan fingerprint density at radius 3 is 2.55 bits per heavy atom.